The summed E-state index contributed by atoms with van der Waals surface area (Å²) in [6.07, 6.45) is 6.62. The van der Waals surface area contributed by atoms with Crippen LogP contribution >= 0.6 is 0 Å². The van der Waals surface area contributed by atoms with Crippen LogP contribution in [0, 0.1) is 0 Å². The van der Waals surface area contributed by atoms with Crippen molar-refractivity contribution >= 4 is 17.9 Å². The molecule has 0 aliphatic heterocycles. The van der Waals surface area contributed by atoms with Gasteiger partial charge in [-0.1, -0.05) is 24.3 Å². The van der Waals surface area contributed by atoms with Crippen molar-refractivity contribution in [3.63, 3.8) is 0 Å². The summed E-state index contributed by atoms with van der Waals surface area (Å²) in [4.78, 5) is 12.8. The average molecular weight is 334 g/mol. The van der Waals surface area contributed by atoms with E-state index in [-0.39, 0.29) is 5.78 Å². The minimum absolute atomic E-state index is 0.151. The molecule has 0 amide bonds. The largest absolute Gasteiger partial charge is 0.497 e. The number of carbonyl (C=O) groups excluding carboxylic acids is 1. The number of ether oxygens (including phenoxy) is 2. The van der Waals surface area contributed by atoms with Gasteiger partial charge in [0, 0.05) is 11.1 Å². The lowest BCUT2D eigenvalue weighted by molar-refractivity contribution is -0.112. The Morgan fingerprint density at radius 3 is 1.48 bits per heavy atom. The predicted molar refractivity (Wildman–Crippen MR) is 101 cm³/mol. The number of rotatable bonds is 4. The second-order valence-corrected chi connectivity index (χ2v) is 6.07. The first-order valence-electron chi connectivity index (χ1n) is 8.43. The Labute approximate surface area is 148 Å². The average Bonchev–Trinajstić information content (AvgIpc) is 2.66. The summed E-state index contributed by atoms with van der Waals surface area (Å²) >= 11 is 0. The van der Waals surface area contributed by atoms with Crippen LogP contribution in [0.1, 0.15) is 30.4 Å². The van der Waals surface area contributed by atoms with E-state index in [1.807, 2.05) is 60.7 Å². The van der Waals surface area contributed by atoms with Gasteiger partial charge in [-0.05, 0) is 66.8 Å². The summed E-state index contributed by atoms with van der Waals surface area (Å²) in [5, 5.41) is 0. The Morgan fingerprint density at radius 1 is 0.720 bits per heavy atom. The number of benzene rings is 2. The molecule has 0 heterocycles. The first-order chi connectivity index (χ1) is 12.2. The van der Waals surface area contributed by atoms with Crippen molar-refractivity contribution in [1.29, 1.82) is 0 Å². The Morgan fingerprint density at radius 2 is 1.12 bits per heavy atom. The first-order valence-corrected chi connectivity index (χ1v) is 8.43. The summed E-state index contributed by atoms with van der Waals surface area (Å²) in [6, 6.07) is 15.5. The van der Waals surface area contributed by atoms with E-state index in [0.29, 0.717) is 0 Å². The quantitative estimate of drug-likeness (QED) is 0.744. The highest BCUT2D eigenvalue weighted by atomic mass is 16.5. The molecular weight excluding hydrogens is 312 g/mol. The van der Waals surface area contributed by atoms with Crippen molar-refractivity contribution in [1.82, 2.24) is 0 Å². The third-order valence-electron chi connectivity index (χ3n) is 4.39. The van der Waals surface area contributed by atoms with E-state index in [4.69, 9.17) is 9.47 Å². The molecule has 0 bridgehead atoms. The van der Waals surface area contributed by atoms with Crippen molar-refractivity contribution in [2.24, 2.45) is 0 Å². The van der Waals surface area contributed by atoms with E-state index in [1.54, 1.807) is 14.2 Å². The smallest absolute Gasteiger partial charge is 0.185 e. The van der Waals surface area contributed by atoms with Crippen LogP contribution in [0.5, 0.6) is 11.5 Å². The fourth-order valence-corrected chi connectivity index (χ4v) is 2.98. The molecule has 3 nitrogen and oxygen atoms in total. The van der Waals surface area contributed by atoms with Gasteiger partial charge in [0.1, 0.15) is 11.5 Å². The molecule has 0 saturated heterocycles. The first kappa shape index (κ1) is 17.0. The lowest BCUT2D eigenvalue weighted by Gasteiger charge is -2.16. The van der Waals surface area contributed by atoms with E-state index in [2.05, 4.69) is 0 Å². The molecule has 1 fully saturated rings. The van der Waals surface area contributed by atoms with E-state index >= 15 is 0 Å². The molecule has 0 unspecified atom stereocenters. The summed E-state index contributed by atoms with van der Waals surface area (Å²) in [6.45, 7) is 0. The van der Waals surface area contributed by atoms with Gasteiger partial charge >= 0.3 is 0 Å². The maximum absolute atomic E-state index is 12.8. The molecule has 0 radical (unpaired) electrons. The summed E-state index contributed by atoms with van der Waals surface area (Å²) in [7, 11) is 3.29. The lowest BCUT2D eigenvalue weighted by Crippen LogP contribution is -2.12. The van der Waals surface area contributed by atoms with Gasteiger partial charge in [-0.25, -0.2) is 0 Å². The van der Waals surface area contributed by atoms with Gasteiger partial charge in [0.25, 0.3) is 0 Å². The van der Waals surface area contributed by atoms with Crippen LogP contribution in [0.15, 0.2) is 59.7 Å². The molecular formula is C22H22O3. The van der Waals surface area contributed by atoms with Crippen LogP contribution in [0.2, 0.25) is 0 Å². The van der Waals surface area contributed by atoms with Crippen molar-refractivity contribution in [2.75, 3.05) is 14.2 Å². The lowest BCUT2D eigenvalue weighted by atomic mass is 9.87. The fourth-order valence-electron chi connectivity index (χ4n) is 2.98. The van der Waals surface area contributed by atoms with Gasteiger partial charge in [-0.3, -0.25) is 4.79 Å². The second kappa shape index (κ2) is 7.84. The maximum Gasteiger partial charge on any atom is 0.185 e. The van der Waals surface area contributed by atoms with Crippen LogP contribution in [0.4, 0.5) is 0 Å². The summed E-state index contributed by atoms with van der Waals surface area (Å²) in [5.74, 6) is 1.78. The highest BCUT2D eigenvalue weighted by Gasteiger charge is 2.20. The zero-order chi connectivity index (χ0) is 17.6. The molecule has 2 aromatic carbocycles. The maximum atomic E-state index is 12.8. The number of ketones is 1. The van der Waals surface area contributed by atoms with E-state index in [1.165, 1.54) is 0 Å². The van der Waals surface area contributed by atoms with Gasteiger partial charge in [-0.2, -0.15) is 0 Å². The number of allylic oxidation sites excluding steroid dienone is 2. The molecule has 0 spiro atoms. The van der Waals surface area contributed by atoms with E-state index < -0.39 is 0 Å². The molecule has 1 aliphatic carbocycles. The molecule has 3 heteroatoms. The SMILES string of the molecule is COc1ccc(/C=C2/CCC/C(=C\c3ccc(OC)cc3)C2=O)cc1. The van der Waals surface area contributed by atoms with Crippen LogP contribution in [-0.2, 0) is 4.79 Å². The third-order valence-corrected chi connectivity index (χ3v) is 4.39. The molecule has 2 aromatic rings. The normalized spacial score (nSPS) is 17.8. The molecule has 25 heavy (non-hydrogen) atoms. The molecule has 0 N–H and O–H groups in total. The number of carbonyl (C=O) groups is 1. The van der Waals surface area contributed by atoms with Gasteiger partial charge in [0.15, 0.2) is 5.78 Å². The Bertz CT molecular complexity index is 729. The molecule has 3 rings (SSSR count). The zero-order valence-corrected chi connectivity index (χ0v) is 14.6. The number of Topliss-reactive ketones (excluding diaryl/α,β-unsaturated/α-hetero) is 1. The Kier molecular flexibility index (Phi) is 5.34. The fraction of sp³-hybridized carbons (Fsp3) is 0.227. The van der Waals surface area contributed by atoms with Crippen molar-refractivity contribution in [3.8, 4) is 11.5 Å². The number of hydrogen-bond donors (Lipinski definition) is 0. The van der Waals surface area contributed by atoms with Crippen molar-refractivity contribution < 1.29 is 14.3 Å². The van der Waals surface area contributed by atoms with Gasteiger partial charge < -0.3 is 9.47 Å². The highest BCUT2D eigenvalue weighted by Crippen LogP contribution is 2.28. The summed E-state index contributed by atoms with van der Waals surface area (Å²) in [5.41, 5.74) is 3.79. The topological polar surface area (TPSA) is 35.5 Å². The molecule has 128 valence electrons. The standard InChI is InChI=1S/C22H22O3/c1-24-20-10-6-16(7-11-20)14-18-4-3-5-19(22(18)23)15-17-8-12-21(25-2)13-9-17/h6-15H,3-5H2,1-2H3/b18-14-,19-15+. The predicted octanol–water partition coefficient (Wildman–Crippen LogP) is 4.92. The number of hydrogen-bond acceptors (Lipinski definition) is 3. The van der Waals surface area contributed by atoms with Crippen LogP contribution < -0.4 is 9.47 Å². The molecule has 1 saturated carbocycles. The minimum Gasteiger partial charge on any atom is -0.497 e. The molecule has 0 atom stereocenters. The van der Waals surface area contributed by atoms with Gasteiger partial charge in [-0.15, -0.1) is 0 Å². The molecule has 1 aliphatic rings. The van der Waals surface area contributed by atoms with Crippen molar-refractivity contribution in [2.45, 2.75) is 19.3 Å². The number of methoxy groups -OCH3 is 2. The van der Waals surface area contributed by atoms with Gasteiger partial charge in [0.2, 0.25) is 0 Å². The Balaban J connectivity index is 1.81. The monoisotopic (exact) mass is 334 g/mol. The highest BCUT2D eigenvalue weighted by molar-refractivity contribution is 6.13. The van der Waals surface area contributed by atoms with Crippen molar-refractivity contribution in [3.05, 3.63) is 70.8 Å². The van der Waals surface area contributed by atoms with Gasteiger partial charge in [0.05, 0.1) is 14.2 Å². The third kappa shape index (κ3) is 4.18. The summed E-state index contributed by atoms with van der Waals surface area (Å²) < 4.78 is 10.3. The van der Waals surface area contributed by atoms with Crippen LogP contribution in [0.3, 0.4) is 0 Å². The Hall–Kier alpha value is -2.81. The zero-order valence-electron chi connectivity index (χ0n) is 14.6. The molecule has 0 aromatic heterocycles. The van der Waals surface area contributed by atoms with E-state index in [9.17, 15) is 4.79 Å². The van der Waals surface area contributed by atoms with E-state index in [0.717, 1.165) is 53.0 Å². The van der Waals surface area contributed by atoms with Crippen LogP contribution in [0.25, 0.3) is 12.2 Å². The minimum atomic E-state index is 0.151. The second-order valence-electron chi connectivity index (χ2n) is 6.07. The van der Waals surface area contributed by atoms with Crippen LogP contribution in [-0.4, -0.2) is 20.0 Å².